The first-order valence-electron chi connectivity index (χ1n) is 21.4. The number of alkyl halides is 1. The summed E-state index contributed by atoms with van der Waals surface area (Å²) in [7, 11) is 1.14. The average molecular weight is 989 g/mol. The molecule has 3 atom stereocenters. The fourth-order valence-corrected chi connectivity index (χ4v) is 11.1. The number of rotatable bonds is 13. The van der Waals surface area contributed by atoms with Crippen LogP contribution in [0, 0.1) is 7.91 Å². The molecule has 346 valence electrons. The van der Waals surface area contributed by atoms with Crippen LogP contribution in [0.15, 0.2) is 34.6 Å². The lowest BCUT2D eigenvalue weighted by atomic mass is 10.1. The number of aromatic nitrogens is 2. The van der Waals surface area contributed by atoms with Gasteiger partial charge in [-0.25, -0.2) is 0 Å². The molecule has 2 aromatic rings. The Hall–Kier alpha value is -0.709. The lowest BCUT2D eigenvalue weighted by molar-refractivity contribution is -0.113. The first-order chi connectivity index (χ1) is 27.8. The minimum Gasteiger partial charge on any atom is -0.415 e. The van der Waals surface area contributed by atoms with E-state index in [9.17, 15) is 4.79 Å². The highest BCUT2D eigenvalue weighted by Gasteiger charge is 2.41. The predicted octanol–water partition coefficient (Wildman–Crippen LogP) is 12.1. The molecule has 5 rings (SSSR count). The van der Waals surface area contributed by atoms with Gasteiger partial charge in [-0.15, -0.1) is 34.3 Å². The number of ketones is 1. The molecule has 0 radical (unpaired) electrons. The molecule has 9 nitrogen and oxygen atoms in total. The maximum atomic E-state index is 11.8. The molecule has 5 heterocycles. The summed E-state index contributed by atoms with van der Waals surface area (Å²) in [5.74, 6) is 0.0749. The van der Waals surface area contributed by atoms with Crippen LogP contribution in [0.25, 0.3) is 11.1 Å². The van der Waals surface area contributed by atoms with E-state index < -0.39 is 25.0 Å². The Morgan fingerprint density at radius 3 is 1.25 bits per heavy atom. The number of likely N-dealkylation sites (N-methyl/N-ethyl adjacent to an activating group) is 3. The lowest BCUT2D eigenvalue weighted by Gasteiger charge is -2.38. The molecule has 0 unspecified atom stereocenters. The number of nitrogens with one attached hydrogen (secondary N) is 2. The van der Waals surface area contributed by atoms with Gasteiger partial charge in [0.15, 0.2) is 38.6 Å². The van der Waals surface area contributed by atoms with E-state index >= 15 is 0 Å². The number of halogens is 1. The molecular formula is C44H78ClN5O4S4Si3. The first kappa shape index (κ1) is 54.6. The minimum absolute atomic E-state index is 0.0230. The van der Waals surface area contributed by atoms with Gasteiger partial charge < -0.3 is 23.2 Å². The van der Waals surface area contributed by atoms with Crippen LogP contribution in [0.4, 0.5) is 0 Å². The van der Waals surface area contributed by atoms with Crippen LogP contribution in [0.1, 0.15) is 73.7 Å². The minimum atomic E-state index is -1.77. The Kier molecular flexibility index (Phi) is 19.5. The van der Waals surface area contributed by atoms with Crippen molar-refractivity contribution in [1.82, 2.24) is 24.7 Å². The van der Waals surface area contributed by atoms with Gasteiger partial charge in [-0.05, 0) is 111 Å². The average Bonchev–Trinajstić information content (AvgIpc) is 3.98. The number of carbonyl (C=O) groups is 1. The molecule has 17 heteroatoms. The van der Waals surface area contributed by atoms with Crippen molar-refractivity contribution in [2.75, 3.05) is 66.5 Å². The largest absolute Gasteiger partial charge is 0.415 e. The van der Waals surface area contributed by atoms with Gasteiger partial charge in [0.05, 0.1) is 55.2 Å². The maximum Gasteiger partial charge on any atom is 0.192 e. The SMILES string of the molecule is CN1CC=C(C(=O)CCl)[C@@H]1CO[Si](C)(C)C(C)(C)C.CN1CC=C(c2csc(=S)[nH]2)[C@@H]1CO[Si](C)(C)C(C)(C)C.CN1CC=C(c2csc(=S)[nH]2)[C@@H]1CO[Si](C)(C)C(C)(C)C. The van der Waals surface area contributed by atoms with E-state index in [1.807, 2.05) is 13.1 Å². The third-order valence-corrected chi connectivity index (χ3v) is 29.7. The summed E-state index contributed by atoms with van der Waals surface area (Å²) in [5.41, 5.74) is 5.76. The van der Waals surface area contributed by atoms with Gasteiger partial charge in [-0.1, -0.05) is 80.5 Å². The Morgan fingerprint density at radius 1 is 0.639 bits per heavy atom. The number of hydrogen-bond donors (Lipinski definition) is 2. The van der Waals surface area contributed by atoms with Gasteiger partial charge in [0.25, 0.3) is 0 Å². The molecule has 61 heavy (non-hydrogen) atoms. The van der Waals surface area contributed by atoms with Gasteiger partial charge in [0.2, 0.25) is 0 Å². The quantitative estimate of drug-likeness (QED) is 0.116. The molecule has 0 aliphatic carbocycles. The number of H-pyrrole nitrogens is 2. The summed E-state index contributed by atoms with van der Waals surface area (Å²) >= 11 is 19.3. The molecule has 0 bridgehead atoms. The molecule has 2 aromatic heterocycles. The van der Waals surface area contributed by atoms with Crippen molar-refractivity contribution in [3.05, 3.63) is 53.9 Å². The van der Waals surface area contributed by atoms with Crippen LogP contribution in [-0.4, -0.2) is 140 Å². The van der Waals surface area contributed by atoms with E-state index in [-0.39, 0.29) is 32.8 Å². The van der Waals surface area contributed by atoms with Gasteiger partial charge in [0.1, 0.15) is 0 Å². The summed E-state index contributed by atoms with van der Waals surface area (Å²) < 4.78 is 20.8. The summed E-state index contributed by atoms with van der Waals surface area (Å²) in [6.45, 7) is 38.9. The number of Topliss-reactive ketones (excluding diaryl/α,β-unsaturated/α-hetero) is 1. The normalized spacial score (nSPS) is 21.1. The van der Waals surface area contributed by atoms with E-state index in [0.29, 0.717) is 18.7 Å². The van der Waals surface area contributed by atoms with Crippen LogP contribution >= 0.6 is 58.7 Å². The monoisotopic (exact) mass is 987 g/mol. The molecule has 0 spiro atoms. The van der Waals surface area contributed by atoms with Crippen molar-refractivity contribution in [1.29, 1.82) is 0 Å². The van der Waals surface area contributed by atoms with Crippen molar-refractivity contribution in [2.45, 2.75) is 135 Å². The molecule has 3 aliphatic heterocycles. The lowest BCUT2D eigenvalue weighted by Crippen LogP contribution is -2.45. The van der Waals surface area contributed by atoms with E-state index in [4.69, 9.17) is 49.3 Å². The van der Waals surface area contributed by atoms with E-state index in [0.717, 1.165) is 57.7 Å². The Labute approximate surface area is 395 Å². The highest BCUT2D eigenvalue weighted by atomic mass is 35.5. The van der Waals surface area contributed by atoms with Gasteiger partial charge in [-0.2, -0.15) is 0 Å². The zero-order chi connectivity index (χ0) is 46.5. The first-order valence-corrected chi connectivity index (χ1v) is 33.3. The van der Waals surface area contributed by atoms with Crippen LogP contribution < -0.4 is 0 Å². The predicted molar refractivity (Wildman–Crippen MR) is 277 cm³/mol. The molecule has 2 N–H and O–H groups in total. The topological polar surface area (TPSA) is 86.1 Å². The standard InChI is InChI=1S/2C15H26N2OS2Si.C14H26ClNO2Si/c2*1-15(2,3)21(5,6)18-9-13-11(7-8-17(13)4)12-10-20-14(19)16-12;1-14(2,3)19(5,6)18-10-12-11(13(17)9-15)7-8-16(12)4/h2*7,10,13H,8-9H2,1-6H3,(H,16,19);7,12H,8-10H2,1-6H3/t2*13-;12-/m000/s1. The Bertz CT molecular complexity index is 1880. The number of hydrogen-bond acceptors (Lipinski definition) is 11. The number of carbonyl (C=O) groups excluding carboxylic acids is 1. The summed E-state index contributed by atoms with van der Waals surface area (Å²) in [6, 6.07) is 0.694. The maximum absolute atomic E-state index is 11.8. The van der Waals surface area contributed by atoms with Crippen molar-refractivity contribution >= 4 is 101 Å². The number of aromatic amines is 2. The van der Waals surface area contributed by atoms with E-state index in [1.54, 1.807) is 22.7 Å². The van der Waals surface area contributed by atoms with Crippen LogP contribution in [-0.2, 0) is 18.1 Å². The molecule has 0 amide bonds. The highest BCUT2D eigenvalue weighted by Crippen LogP contribution is 2.40. The van der Waals surface area contributed by atoms with Crippen LogP contribution in [0.2, 0.25) is 54.4 Å². The van der Waals surface area contributed by atoms with Crippen molar-refractivity contribution < 1.29 is 18.1 Å². The Morgan fingerprint density at radius 2 is 0.951 bits per heavy atom. The fraction of sp³-hybridized carbons (Fsp3) is 0.705. The zero-order valence-corrected chi connectivity index (χ0v) is 47.6. The van der Waals surface area contributed by atoms with Crippen molar-refractivity contribution in [2.24, 2.45) is 0 Å². The van der Waals surface area contributed by atoms with Crippen molar-refractivity contribution in [3.8, 4) is 0 Å². The zero-order valence-electron chi connectivity index (χ0n) is 40.6. The molecule has 0 saturated heterocycles. The molecule has 3 aliphatic rings. The molecular weight excluding hydrogens is 910 g/mol. The fourth-order valence-electron chi connectivity index (χ4n) is 6.19. The summed E-state index contributed by atoms with van der Waals surface area (Å²) in [6.07, 6.45) is 6.55. The van der Waals surface area contributed by atoms with Gasteiger partial charge in [0, 0.05) is 36.0 Å². The molecule has 0 aromatic carbocycles. The third kappa shape index (κ3) is 14.6. The highest BCUT2D eigenvalue weighted by molar-refractivity contribution is 7.73. The van der Waals surface area contributed by atoms with E-state index in [1.165, 1.54) is 11.1 Å². The van der Waals surface area contributed by atoms with E-state index in [2.05, 4.69) is 163 Å². The third-order valence-electron chi connectivity index (χ3n) is 13.8. The van der Waals surface area contributed by atoms with Crippen LogP contribution in [0.3, 0.4) is 0 Å². The number of nitrogens with zero attached hydrogens (tertiary/aromatic N) is 3. The van der Waals surface area contributed by atoms with Crippen LogP contribution in [0.5, 0.6) is 0 Å². The van der Waals surface area contributed by atoms with Crippen molar-refractivity contribution in [3.63, 3.8) is 0 Å². The second-order valence-electron chi connectivity index (χ2n) is 21.2. The molecule has 0 saturated carbocycles. The van der Waals surface area contributed by atoms with Gasteiger partial charge in [-0.3, -0.25) is 19.5 Å². The Balaban J connectivity index is 0.000000244. The van der Waals surface area contributed by atoms with Gasteiger partial charge >= 0.3 is 0 Å². The molecule has 0 fully saturated rings. The second-order valence-corrected chi connectivity index (χ2v) is 39.0. The second kappa shape index (κ2) is 21.7. The summed E-state index contributed by atoms with van der Waals surface area (Å²) in [5, 5.41) is 4.91. The smallest absolute Gasteiger partial charge is 0.192 e. The summed E-state index contributed by atoms with van der Waals surface area (Å²) in [4.78, 5) is 25.2. The number of thiazole rings is 2.